The zero-order chi connectivity index (χ0) is 28.6. The summed E-state index contributed by atoms with van der Waals surface area (Å²) >= 11 is 4.70. The number of carbonyl (C=O) groups excluding carboxylic acids is 1. The van der Waals surface area contributed by atoms with E-state index in [9.17, 15) is 9.35 Å². The molecule has 39 heavy (non-hydrogen) atoms. The smallest absolute Gasteiger partial charge is 0.410 e. The number of aromatic nitrogens is 2. The maximum atomic E-state index is 15.2. The molecule has 9 nitrogen and oxygen atoms in total. The van der Waals surface area contributed by atoms with Crippen molar-refractivity contribution in [3.05, 3.63) is 22.7 Å². The first-order valence-corrected chi connectivity index (χ1v) is 14.6. The molecule has 0 aromatic carbocycles. The third-order valence-corrected chi connectivity index (χ3v) is 8.91. The second-order valence-corrected chi connectivity index (χ2v) is 14.8. The summed E-state index contributed by atoms with van der Waals surface area (Å²) in [6.45, 7) is 15.2. The Bertz CT molecular complexity index is 1350. The molecule has 6 unspecified atom stereocenters. The van der Waals surface area contributed by atoms with Crippen molar-refractivity contribution in [3.63, 3.8) is 0 Å². The number of piperazine rings is 1. The average molecular weight is 580 g/mol. The molecule has 3 aliphatic rings. The van der Waals surface area contributed by atoms with E-state index in [1.165, 1.54) is 0 Å². The van der Waals surface area contributed by atoms with Gasteiger partial charge in [0.2, 0.25) is 5.88 Å². The minimum Gasteiger partial charge on any atom is -0.591 e. The highest BCUT2D eigenvalue weighted by atomic mass is 35.5. The monoisotopic (exact) mass is 579 g/mol. The van der Waals surface area contributed by atoms with Crippen LogP contribution in [-0.2, 0) is 16.1 Å². The molecule has 1 amide bonds. The van der Waals surface area contributed by atoms with Crippen LogP contribution in [0.2, 0.25) is 5.15 Å². The Morgan fingerprint density at radius 2 is 1.97 bits per heavy atom. The number of carbonyl (C=O) groups is 1. The highest BCUT2D eigenvalue weighted by molar-refractivity contribution is 7.91. The Kier molecular flexibility index (Phi) is 6.95. The molecule has 0 spiro atoms. The zero-order valence-corrected chi connectivity index (χ0v) is 25.1. The van der Waals surface area contributed by atoms with Gasteiger partial charge in [-0.25, -0.2) is 14.2 Å². The first-order chi connectivity index (χ1) is 18.1. The van der Waals surface area contributed by atoms with Gasteiger partial charge in [0.15, 0.2) is 11.0 Å². The molecule has 0 radical (unpaired) electrons. The summed E-state index contributed by atoms with van der Waals surface area (Å²) in [6, 6.07) is 0.574. The van der Waals surface area contributed by atoms with E-state index < -0.39 is 51.8 Å². The van der Waals surface area contributed by atoms with Crippen molar-refractivity contribution in [2.75, 3.05) is 11.4 Å². The topological polar surface area (TPSA) is 103 Å². The minimum absolute atomic E-state index is 0.208. The molecule has 2 fully saturated rings. The number of anilines is 1. The van der Waals surface area contributed by atoms with Gasteiger partial charge < -0.3 is 18.9 Å². The summed E-state index contributed by atoms with van der Waals surface area (Å²) in [6.07, 6.45) is 1.41. The quantitative estimate of drug-likeness (QED) is 0.273. The van der Waals surface area contributed by atoms with Gasteiger partial charge in [0.1, 0.15) is 33.6 Å². The van der Waals surface area contributed by atoms with Gasteiger partial charge in [-0.2, -0.15) is 4.98 Å². The van der Waals surface area contributed by atoms with Crippen LogP contribution in [0.25, 0.3) is 10.8 Å². The van der Waals surface area contributed by atoms with Gasteiger partial charge in [-0.15, -0.1) is 0 Å². The highest BCUT2D eigenvalue weighted by Gasteiger charge is 2.57. The van der Waals surface area contributed by atoms with Crippen LogP contribution in [0.1, 0.15) is 60.6 Å². The van der Waals surface area contributed by atoms with E-state index in [-0.39, 0.29) is 23.0 Å². The van der Waals surface area contributed by atoms with Crippen LogP contribution in [0.5, 0.6) is 5.88 Å². The van der Waals surface area contributed by atoms with Gasteiger partial charge in [0.25, 0.3) is 0 Å². The molecule has 0 saturated carbocycles. The second-order valence-electron chi connectivity index (χ2n) is 12.5. The number of pyridine rings is 2. The van der Waals surface area contributed by atoms with E-state index in [2.05, 4.69) is 14.3 Å². The molecule has 2 bridgehead atoms. The van der Waals surface area contributed by atoms with Crippen molar-refractivity contribution in [2.45, 2.75) is 96.4 Å². The van der Waals surface area contributed by atoms with Gasteiger partial charge >= 0.3 is 6.09 Å². The van der Waals surface area contributed by atoms with Crippen LogP contribution >= 0.6 is 11.6 Å². The summed E-state index contributed by atoms with van der Waals surface area (Å²) in [5.41, 5.74) is -0.0616. The van der Waals surface area contributed by atoms with Gasteiger partial charge in [0.05, 0.1) is 29.7 Å². The fraction of sp³-hybridized carbons (Fsp3) is 0.630. The number of hydrogen-bond donors (Lipinski definition) is 0. The number of rotatable bonds is 2. The highest BCUT2D eigenvalue weighted by Crippen LogP contribution is 2.47. The summed E-state index contributed by atoms with van der Waals surface area (Å²) in [7, 11) is 0. The lowest BCUT2D eigenvalue weighted by Crippen LogP contribution is -2.66. The average Bonchev–Trinajstić information content (AvgIpc) is 3.00. The Labute approximate surface area is 236 Å². The molecule has 3 aliphatic heterocycles. The number of ether oxygens (including phenoxy) is 2. The van der Waals surface area contributed by atoms with Crippen LogP contribution in [0.4, 0.5) is 15.0 Å². The molecule has 12 heteroatoms. The van der Waals surface area contributed by atoms with Crippen molar-refractivity contribution in [1.29, 1.82) is 0 Å². The van der Waals surface area contributed by atoms with Gasteiger partial charge in [-0.05, 0) is 67.9 Å². The molecule has 0 N–H and O–H groups in total. The molecular weight excluding hydrogens is 545 g/mol. The van der Waals surface area contributed by atoms with Crippen LogP contribution in [0.3, 0.4) is 0 Å². The Morgan fingerprint density at radius 1 is 1.28 bits per heavy atom. The molecule has 0 aliphatic carbocycles. The molecule has 6 atom stereocenters. The summed E-state index contributed by atoms with van der Waals surface area (Å²) < 4.78 is 44.1. The molecule has 2 saturated heterocycles. The largest absolute Gasteiger partial charge is 0.591 e. The third-order valence-electron chi connectivity index (χ3n) is 7.30. The molecule has 5 heterocycles. The second kappa shape index (κ2) is 9.62. The predicted octanol–water partition coefficient (Wildman–Crippen LogP) is 5.23. The lowest BCUT2D eigenvalue weighted by molar-refractivity contribution is -0.000460. The van der Waals surface area contributed by atoms with Crippen molar-refractivity contribution < 1.29 is 23.2 Å². The first kappa shape index (κ1) is 28.2. The number of fused-ring (bicyclic) bond motifs is 5. The Morgan fingerprint density at radius 3 is 2.62 bits per heavy atom. The van der Waals surface area contributed by atoms with E-state index >= 15 is 4.39 Å². The van der Waals surface area contributed by atoms with Crippen LogP contribution in [0, 0.1) is 18.7 Å². The molecular formula is C27H35ClFN5O4S. The number of amides is 1. The van der Waals surface area contributed by atoms with E-state index in [1.807, 2.05) is 48.5 Å². The fourth-order valence-electron chi connectivity index (χ4n) is 5.80. The van der Waals surface area contributed by atoms with E-state index in [1.54, 1.807) is 24.1 Å². The zero-order valence-electron chi connectivity index (χ0n) is 23.5. The van der Waals surface area contributed by atoms with Gasteiger partial charge in [-0.1, -0.05) is 16.0 Å². The molecule has 2 aromatic heterocycles. The number of nitrogens with zero attached hydrogens (tertiary/aromatic N) is 5. The van der Waals surface area contributed by atoms with Crippen LogP contribution in [-0.4, -0.2) is 72.9 Å². The van der Waals surface area contributed by atoms with Crippen LogP contribution < -0.4 is 9.64 Å². The van der Waals surface area contributed by atoms with Crippen molar-refractivity contribution in [1.82, 2.24) is 14.9 Å². The fourth-order valence-corrected chi connectivity index (χ4v) is 6.56. The van der Waals surface area contributed by atoms with Gasteiger partial charge in [0, 0.05) is 23.5 Å². The lowest BCUT2D eigenvalue weighted by atomic mass is 9.91. The summed E-state index contributed by atoms with van der Waals surface area (Å²) in [5, 5.41) is 0.481. The number of halogens is 2. The first-order valence-electron chi connectivity index (χ1n) is 13.1. The van der Waals surface area contributed by atoms with E-state index in [4.69, 9.17) is 26.1 Å². The van der Waals surface area contributed by atoms with Crippen LogP contribution in [0.15, 0.2) is 10.5 Å². The SMILES string of the molecule is Cc1cc2c(F)c(Cl)nc3c2c(n1)N1CC2CC(/C=N/[S+]([O-])C(C)(C)C)C(C1C(C)O3)N2C(=O)OC(C)(C)C. The maximum absolute atomic E-state index is 15.2. The molecule has 212 valence electrons. The number of hydrogen-bond acceptors (Lipinski definition) is 8. The van der Waals surface area contributed by atoms with Crippen molar-refractivity contribution in [2.24, 2.45) is 10.3 Å². The molecule has 5 rings (SSSR count). The third kappa shape index (κ3) is 5.02. The van der Waals surface area contributed by atoms with Gasteiger partial charge in [-0.3, -0.25) is 4.90 Å². The number of aryl methyl sites for hydroxylation is 1. The lowest BCUT2D eigenvalue weighted by Gasteiger charge is -2.48. The standard InChI is InChI=1S/C27H35ClFN5O4S/c1-13-9-17-18-23(31-13)33-12-16-10-15(11-30-39(36)27(6,7)8)21(34(16)25(35)38-26(3,4)5)20(33)14(2)37-24(18)32-22(28)19(17)29/h9,11,14-16,20-21H,10,12H2,1-8H3/b30-11+. The van der Waals surface area contributed by atoms with Crippen molar-refractivity contribution >= 4 is 51.9 Å². The van der Waals surface area contributed by atoms with Crippen molar-refractivity contribution in [3.8, 4) is 5.88 Å². The molecule has 2 aromatic rings. The van der Waals surface area contributed by atoms with E-state index in [0.29, 0.717) is 35.2 Å². The van der Waals surface area contributed by atoms with E-state index in [0.717, 1.165) is 0 Å². The minimum atomic E-state index is -1.45. The Balaban J connectivity index is 1.64. The predicted molar refractivity (Wildman–Crippen MR) is 151 cm³/mol. The summed E-state index contributed by atoms with van der Waals surface area (Å²) in [5.74, 6) is -0.0850. The maximum Gasteiger partial charge on any atom is 0.410 e. The normalized spacial score (nSPS) is 27.4. The Hall–Kier alpha value is -2.37. The summed E-state index contributed by atoms with van der Waals surface area (Å²) in [4.78, 5) is 26.5.